The molecule has 1 amide bonds. The minimum Gasteiger partial charge on any atom is -0.493 e. The van der Waals surface area contributed by atoms with Crippen LogP contribution in [-0.2, 0) is 18.4 Å². The van der Waals surface area contributed by atoms with E-state index in [1.165, 1.54) is 18.4 Å². The molecule has 0 saturated heterocycles. The number of ether oxygens (including phenoxy) is 2. The summed E-state index contributed by atoms with van der Waals surface area (Å²) in [5, 5.41) is 3.00. The number of hydrogen-bond donors (Lipinski definition) is 1. The average molecular weight is 460 g/mol. The molecular formula is C30H37NO3. The number of benzene rings is 3. The molecule has 0 heterocycles. The van der Waals surface area contributed by atoms with E-state index in [1.54, 1.807) is 6.07 Å². The normalized spacial score (nSPS) is 11.2. The van der Waals surface area contributed by atoms with E-state index < -0.39 is 0 Å². The van der Waals surface area contributed by atoms with Crippen LogP contribution >= 0.6 is 0 Å². The Kier molecular flexibility index (Phi) is 8.75. The van der Waals surface area contributed by atoms with Crippen molar-refractivity contribution in [3.63, 3.8) is 0 Å². The molecule has 0 aliphatic carbocycles. The fourth-order valence-corrected chi connectivity index (χ4v) is 3.84. The highest BCUT2D eigenvalue weighted by Gasteiger charge is 2.19. The molecule has 0 unspecified atom stereocenters. The van der Waals surface area contributed by atoms with Crippen molar-refractivity contribution in [3.05, 3.63) is 89.0 Å². The predicted octanol–water partition coefficient (Wildman–Crippen LogP) is 7.56. The zero-order valence-corrected chi connectivity index (χ0v) is 21.1. The van der Waals surface area contributed by atoms with Crippen LogP contribution in [0, 0.1) is 0 Å². The maximum absolute atomic E-state index is 13.0. The van der Waals surface area contributed by atoms with Crippen LogP contribution in [0.25, 0.3) is 0 Å². The van der Waals surface area contributed by atoms with Crippen LogP contribution in [0.2, 0.25) is 0 Å². The Morgan fingerprint density at radius 2 is 1.62 bits per heavy atom. The molecule has 34 heavy (non-hydrogen) atoms. The number of para-hydroxylation sites is 1. The molecule has 0 atom stereocenters. The number of amides is 1. The van der Waals surface area contributed by atoms with Crippen molar-refractivity contribution in [2.45, 2.75) is 65.9 Å². The lowest BCUT2D eigenvalue weighted by molar-refractivity contribution is 0.102. The second kappa shape index (κ2) is 11.7. The minimum absolute atomic E-state index is 0.0346. The first-order chi connectivity index (χ1) is 16.3. The van der Waals surface area contributed by atoms with Crippen LogP contribution in [-0.4, -0.2) is 12.5 Å². The number of carbonyl (C=O) groups excluding carboxylic acids is 1. The molecular weight excluding hydrogens is 422 g/mol. The Morgan fingerprint density at radius 1 is 0.882 bits per heavy atom. The highest BCUT2D eigenvalue weighted by Crippen LogP contribution is 2.32. The first-order valence-corrected chi connectivity index (χ1v) is 12.2. The quantitative estimate of drug-likeness (QED) is 0.340. The molecule has 0 aromatic heterocycles. The molecule has 4 heteroatoms. The molecule has 180 valence electrons. The lowest BCUT2D eigenvalue weighted by Crippen LogP contribution is -2.14. The topological polar surface area (TPSA) is 47.6 Å². The van der Waals surface area contributed by atoms with E-state index >= 15 is 0 Å². The van der Waals surface area contributed by atoms with Gasteiger partial charge in [-0.2, -0.15) is 0 Å². The van der Waals surface area contributed by atoms with Gasteiger partial charge < -0.3 is 14.8 Å². The second-order valence-electron chi connectivity index (χ2n) is 9.54. The van der Waals surface area contributed by atoms with Gasteiger partial charge in [0.25, 0.3) is 5.91 Å². The summed E-state index contributed by atoms with van der Waals surface area (Å²) < 4.78 is 12.0. The maximum Gasteiger partial charge on any atom is 0.255 e. The number of unbranched alkanes of at least 4 members (excludes halogenated alkanes) is 1. The summed E-state index contributed by atoms with van der Waals surface area (Å²) in [6.07, 6.45) is 3.40. The van der Waals surface area contributed by atoms with Crippen LogP contribution in [0.3, 0.4) is 0 Å². The Labute approximate surface area is 204 Å². The first-order valence-electron chi connectivity index (χ1n) is 12.2. The van der Waals surface area contributed by atoms with E-state index in [2.05, 4.69) is 51.2 Å². The van der Waals surface area contributed by atoms with Gasteiger partial charge in [0.05, 0.1) is 6.61 Å². The predicted molar refractivity (Wildman–Crippen MR) is 140 cm³/mol. The number of nitrogens with one attached hydrogen (secondary N) is 1. The van der Waals surface area contributed by atoms with E-state index in [-0.39, 0.29) is 11.3 Å². The molecule has 3 aromatic rings. The van der Waals surface area contributed by atoms with Crippen molar-refractivity contribution in [2.75, 3.05) is 11.9 Å². The van der Waals surface area contributed by atoms with Gasteiger partial charge >= 0.3 is 0 Å². The third kappa shape index (κ3) is 6.86. The molecule has 0 fully saturated rings. The second-order valence-corrected chi connectivity index (χ2v) is 9.54. The molecule has 3 rings (SSSR count). The van der Waals surface area contributed by atoms with E-state index in [4.69, 9.17) is 9.47 Å². The minimum atomic E-state index is -0.152. The van der Waals surface area contributed by atoms with Gasteiger partial charge in [0, 0.05) is 16.8 Å². The van der Waals surface area contributed by atoms with Crippen LogP contribution in [0.1, 0.15) is 74.5 Å². The summed E-state index contributed by atoms with van der Waals surface area (Å²) in [6.45, 7) is 11.5. The molecule has 0 saturated carbocycles. The van der Waals surface area contributed by atoms with Gasteiger partial charge in [-0.05, 0) is 72.7 Å². The molecule has 3 aromatic carbocycles. The summed E-state index contributed by atoms with van der Waals surface area (Å²) in [5.74, 6) is 1.42. The van der Waals surface area contributed by atoms with Gasteiger partial charge in [0.2, 0.25) is 0 Å². The van der Waals surface area contributed by atoms with Crippen molar-refractivity contribution >= 4 is 11.6 Å². The van der Waals surface area contributed by atoms with Crippen LogP contribution in [0.4, 0.5) is 5.69 Å². The van der Waals surface area contributed by atoms with Crippen molar-refractivity contribution in [1.29, 1.82) is 0 Å². The lowest BCUT2D eigenvalue weighted by Gasteiger charge is -2.23. The van der Waals surface area contributed by atoms with Gasteiger partial charge in [-0.1, -0.05) is 64.4 Å². The van der Waals surface area contributed by atoms with E-state index in [0.29, 0.717) is 18.8 Å². The molecule has 1 N–H and O–H groups in total. The van der Waals surface area contributed by atoms with Crippen molar-refractivity contribution in [2.24, 2.45) is 0 Å². The van der Waals surface area contributed by atoms with E-state index in [0.717, 1.165) is 34.7 Å². The van der Waals surface area contributed by atoms with Crippen molar-refractivity contribution in [3.8, 4) is 11.5 Å². The van der Waals surface area contributed by atoms with Gasteiger partial charge in [-0.15, -0.1) is 0 Å². The van der Waals surface area contributed by atoms with E-state index in [9.17, 15) is 4.79 Å². The number of carbonyl (C=O) groups is 1. The van der Waals surface area contributed by atoms with Crippen molar-refractivity contribution < 1.29 is 14.3 Å². The monoisotopic (exact) mass is 459 g/mol. The Morgan fingerprint density at radius 3 is 2.29 bits per heavy atom. The first kappa shape index (κ1) is 25.4. The van der Waals surface area contributed by atoms with Gasteiger partial charge in [0.1, 0.15) is 18.1 Å². The molecule has 0 aliphatic rings. The Balaban J connectivity index is 1.76. The number of aryl methyl sites for hydroxylation is 1. The summed E-state index contributed by atoms with van der Waals surface area (Å²) in [6, 6.07) is 21.7. The Bertz CT molecular complexity index is 1080. The number of rotatable bonds is 10. The van der Waals surface area contributed by atoms with Gasteiger partial charge in [0.15, 0.2) is 0 Å². The van der Waals surface area contributed by atoms with Crippen LogP contribution < -0.4 is 14.8 Å². The smallest absolute Gasteiger partial charge is 0.255 e. The summed E-state index contributed by atoms with van der Waals surface area (Å²) >= 11 is 0. The van der Waals surface area contributed by atoms with Gasteiger partial charge in [-0.25, -0.2) is 0 Å². The summed E-state index contributed by atoms with van der Waals surface area (Å²) in [7, 11) is 0. The van der Waals surface area contributed by atoms with Crippen LogP contribution in [0.15, 0.2) is 66.7 Å². The number of anilines is 1. The molecule has 0 bridgehead atoms. The fraction of sp³-hybridized carbons (Fsp3) is 0.367. The third-order valence-electron chi connectivity index (χ3n) is 5.73. The zero-order valence-electron chi connectivity index (χ0n) is 21.1. The molecule has 0 radical (unpaired) electrons. The summed E-state index contributed by atoms with van der Waals surface area (Å²) in [4.78, 5) is 13.0. The Hall–Kier alpha value is -3.27. The molecule has 0 spiro atoms. The standard InChI is InChI=1S/C30H37NO3/c1-6-8-11-22-14-17-25(18-15-22)31-29(32)23-16-19-27(33-7-2)24(20-23)21-34-28-13-10-9-12-26(28)30(3,4)5/h9-10,12-20H,6-8,11,21H2,1-5H3,(H,31,32). The summed E-state index contributed by atoms with van der Waals surface area (Å²) in [5.41, 5.74) is 4.60. The average Bonchev–Trinajstić information content (AvgIpc) is 2.82. The highest BCUT2D eigenvalue weighted by atomic mass is 16.5. The van der Waals surface area contributed by atoms with Gasteiger partial charge in [-0.3, -0.25) is 4.79 Å². The molecule has 0 aliphatic heterocycles. The zero-order chi connectivity index (χ0) is 24.6. The highest BCUT2D eigenvalue weighted by molar-refractivity contribution is 6.04. The van der Waals surface area contributed by atoms with Crippen molar-refractivity contribution in [1.82, 2.24) is 0 Å². The largest absolute Gasteiger partial charge is 0.493 e. The number of hydrogen-bond acceptors (Lipinski definition) is 3. The SMILES string of the molecule is CCCCc1ccc(NC(=O)c2ccc(OCC)c(COc3ccccc3C(C)(C)C)c2)cc1. The van der Waals surface area contributed by atoms with E-state index in [1.807, 2.05) is 49.4 Å². The third-order valence-corrected chi connectivity index (χ3v) is 5.73. The fourth-order valence-electron chi connectivity index (χ4n) is 3.84. The lowest BCUT2D eigenvalue weighted by atomic mass is 9.86. The maximum atomic E-state index is 13.0. The molecule has 4 nitrogen and oxygen atoms in total. The van der Waals surface area contributed by atoms with Crippen LogP contribution in [0.5, 0.6) is 11.5 Å².